The van der Waals surface area contributed by atoms with Crippen molar-refractivity contribution in [3.05, 3.63) is 126 Å². The predicted molar refractivity (Wildman–Crippen MR) is 147 cm³/mol. The lowest BCUT2D eigenvalue weighted by atomic mass is 9.94. The van der Waals surface area contributed by atoms with Gasteiger partial charge in [-0.3, -0.25) is 0 Å². The zero-order chi connectivity index (χ0) is 27.1. The third-order valence-corrected chi connectivity index (χ3v) is 5.32. The quantitative estimate of drug-likeness (QED) is 0.175. The molecular weight excluding hydrogens is 480 g/mol. The van der Waals surface area contributed by atoms with E-state index in [0.29, 0.717) is 0 Å². The van der Waals surface area contributed by atoms with Gasteiger partial charge in [-0.2, -0.15) is 0 Å². The Morgan fingerprint density at radius 1 is 0.526 bits per heavy atom. The van der Waals surface area contributed by atoms with Crippen molar-refractivity contribution in [2.24, 2.45) is 5.41 Å². The van der Waals surface area contributed by atoms with Crippen molar-refractivity contribution in [2.75, 3.05) is 19.8 Å². The van der Waals surface area contributed by atoms with Crippen LogP contribution >= 0.6 is 0 Å². The Bertz CT molecular complexity index is 1100. The van der Waals surface area contributed by atoms with E-state index in [1.54, 1.807) is 25.2 Å². The monoisotopic (exact) mass is 510 g/mol. The van der Waals surface area contributed by atoms with Gasteiger partial charge in [0.05, 0.1) is 5.41 Å². The smallest absolute Gasteiger partial charge is 0.330 e. The highest BCUT2D eigenvalue weighted by Gasteiger charge is 2.30. The van der Waals surface area contributed by atoms with Crippen LogP contribution in [0.5, 0.6) is 0 Å². The number of esters is 3. The summed E-state index contributed by atoms with van der Waals surface area (Å²) in [5.74, 6) is -1.69. The minimum atomic E-state index is -0.970. The van der Waals surface area contributed by atoms with Crippen LogP contribution in [0, 0.1) is 5.41 Å². The van der Waals surface area contributed by atoms with Crippen LogP contribution in [-0.4, -0.2) is 37.7 Å². The molecule has 194 valence electrons. The van der Waals surface area contributed by atoms with Gasteiger partial charge in [-0.25, -0.2) is 14.4 Å². The van der Waals surface area contributed by atoms with Crippen LogP contribution in [0.15, 0.2) is 109 Å². The van der Waals surface area contributed by atoms with Crippen molar-refractivity contribution in [1.82, 2.24) is 0 Å². The molecule has 0 radical (unpaired) electrons. The van der Waals surface area contributed by atoms with Crippen LogP contribution in [0.2, 0.25) is 0 Å². The predicted octanol–water partition coefficient (Wildman–Crippen LogP) is 5.76. The average molecular weight is 511 g/mol. The molecule has 0 saturated heterocycles. The number of benzene rings is 3. The fraction of sp³-hybridized carbons (Fsp3) is 0.156. The highest BCUT2D eigenvalue weighted by atomic mass is 16.6. The van der Waals surface area contributed by atoms with Gasteiger partial charge < -0.3 is 14.2 Å². The Hall–Kier alpha value is -4.71. The highest BCUT2D eigenvalue weighted by molar-refractivity contribution is 5.88. The maximum Gasteiger partial charge on any atom is 0.330 e. The van der Waals surface area contributed by atoms with E-state index in [9.17, 15) is 14.4 Å². The summed E-state index contributed by atoms with van der Waals surface area (Å²) in [6, 6.07) is 28.0. The van der Waals surface area contributed by atoms with Crippen LogP contribution in [0.1, 0.15) is 23.6 Å². The van der Waals surface area contributed by atoms with Gasteiger partial charge in [-0.15, -0.1) is 0 Å². The first kappa shape index (κ1) is 27.9. The summed E-state index contributed by atoms with van der Waals surface area (Å²) < 4.78 is 16.2. The Morgan fingerprint density at radius 2 is 0.789 bits per heavy atom. The Balaban J connectivity index is 1.59. The molecule has 0 amide bonds. The molecule has 3 rings (SSSR count). The first-order chi connectivity index (χ1) is 18.4. The van der Waals surface area contributed by atoms with E-state index in [1.165, 1.54) is 18.2 Å². The van der Waals surface area contributed by atoms with Crippen LogP contribution in [0.25, 0.3) is 18.2 Å². The summed E-state index contributed by atoms with van der Waals surface area (Å²) in [6.45, 7) is 1.33. The molecule has 0 heterocycles. The Kier molecular flexibility index (Phi) is 10.8. The summed E-state index contributed by atoms with van der Waals surface area (Å²) in [5, 5.41) is 0. The lowest BCUT2D eigenvalue weighted by Gasteiger charge is -2.27. The van der Waals surface area contributed by atoms with E-state index in [-0.39, 0.29) is 19.8 Å². The van der Waals surface area contributed by atoms with E-state index in [2.05, 4.69) is 0 Å². The lowest BCUT2D eigenvalue weighted by Crippen LogP contribution is -2.36. The largest absolute Gasteiger partial charge is 0.462 e. The molecule has 3 aromatic rings. The molecule has 38 heavy (non-hydrogen) atoms. The summed E-state index contributed by atoms with van der Waals surface area (Å²) in [5.41, 5.74) is 1.59. The van der Waals surface area contributed by atoms with Gasteiger partial charge in [0.15, 0.2) is 0 Å². The highest BCUT2D eigenvalue weighted by Crippen LogP contribution is 2.20. The molecule has 0 N–H and O–H groups in total. The molecule has 6 nitrogen and oxygen atoms in total. The standard InChI is InChI=1S/C32H30O6/c1-32(23-36-29(33)20-17-26-11-5-2-6-12-26,24-37-30(34)21-18-27-13-7-3-8-14-27)25-38-31(35)22-19-28-15-9-4-10-16-28/h2-22H,23-25H2,1H3. The van der Waals surface area contributed by atoms with Crippen molar-refractivity contribution in [2.45, 2.75) is 6.92 Å². The molecule has 0 fully saturated rings. The topological polar surface area (TPSA) is 78.9 Å². The van der Waals surface area contributed by atoms with Crippen LogP contribution in [0.3, 0.4) is 0 Å². The van der Waals surface area contributed by atoms with Crippen molar-refractivity contribution < 1.29 is 28.6 Å². The molecule has 3 aromatic carbocycles. The normalized spacial score (nSPS) is 12.9. The van der Waals surface area contributed by atoms with Crippen LogP contribution in [-0.2, 0) is 28.6 Å². The summed E-state index contributed by atoms with van der Waals surface area (Å²) >= 11 is 0. The molecule has 0 spiro atoms. The number of rotatable bonds is 12. The Morgan fingerprint density at radius 3 is 1.05 bits per heavy atom. The number of ether oxygens (including phenoxy) is 3. The third-order valence-electron chi connectivity index (χ3n) is 5.32. The average Bonchev–Trinajstić information content (AvgIpc) is 2.96. The van der Waals surface area contributed by atoms with E-state index in [1.807, 2.05) is 91.0 Å². The zero-order valence-corrected chi connectivity index (χ0v) is 21.2. The molecule has 0 aromatic heterocycles. The van der Waals surface area contributed by atoms with Gasteiger partial charge in [-0.05, 0) is 41.8 Å². The van der Waals surface area contributed by atoms with Gasteiger partial charge in [0.1, 0.15) is 19.8 Å². The van der Waals surface area contributed by atoms with Crippen molar-refractivity contribution in [3.63, 3.8) is 0 Å². The molecule has 0 aliphatic rings. The molecule has 6 heteroatoms. The minimum Gasteiger partial charge on any atom is -0.462 e. The van der Waals surface area contributed by atoms with Crippen molar-refractivity contribution >= 4 is 36.1 Å². The molecule has 0 bridgehead atoms. The number of hydrogen-bond acceptors (Lipinski definition) is 6. The van der Waals surface area contributed by atoms with E-state index in [4.69, 9.17) is 14.2 Å². The first-order valence-electron chi connectivity index (χ1n) is 12.1. The fourth-order valence-corrected chi connectivity index (χ4v) is 3.19. The minimum absolute atomic E-state index is 0.129. The van der Waals surface area contributed by atoms with Gasteiger partial charge in [-0.1, -0.05) is 91.0 Å². The summed E-state index contributed by atoms with van der Waals surface area (Å²) in [6.07, 6.45) is 8.88. The number of carbonyl (C=O) groups excluding carboxylic acids is 3. The van der Waals surface area contributed by atoms with E-state index < -0.39 is 23.3 Å². The van der Waals surface area contributed by atoms with Gasteiger partial charge in [0.2, 0.25) is 0 Å². The van der Waals surface area contributed by atoms with E-state index >= 15 is 0 Å². The van der Waals surface area contributed by atoms with Gasteiger partial charge in [0, 0.05) is 18.2 Å². The molecule has 0 saturated carbocycles. The summed E-state index contributed by atoms with van der Waals surface area (Å²) in [7, 11) is 0. The molecule has 0 aliphatic heterocycles. The SMILES string of the molecule is CC(COC(=O)C=Cc1ccccc1)(COC(=O)C=Cc1ccccc1)COC(=O)C=Cc1ccccc1. The maximum absolute atomic E-state index is 12.3. The molecular formula is C32H30O6. The van der Waals surface area contributed by atoms with Crippen molar-refractivity contribution in [3.8, 4) is 0 Å². The second-order valence-electron chi connectivity index (χ2n) is 8.87. The van der Waals surface area contributed by atoms with Gasteiger partial charge in [0.25, 0.3) is 0 Å². The zero-order valence-electron chi connectivity index (χ0n) is 21.2. The van der Waals surface area contributed by atoms with Crippen LogP contribution < -0.4 is 0 Å². The maximum atomic E-state index is 12.3. The number of hydrogen-bond donors (Lipinski definition) is 0. The summed E-state index contributed by atoms with van der Waals surface area (Å²) in [4.78, 5) is 36.9. The molecule has 0 unspecified atom stereocenters. The lowest BCUT2D eigenvalue weighted by molar-refractivity contribution is -0.154. The van der Waals surface area contributed by atoms with Crippen molar-refractivity contribution in [1.29, 1.82) is 0 Å². The first-order valence-corrected chi connectivity index (χ1v) is 12.1. The fourth-order valence-electron chi connectivity index (χ4n) is 3.19. The van der Waals surface area contributed by atoms with Gasteiger partial charge >= 0.3 is 17.9 Å². The Labute approximate surface area is 222 Å². The van der Waals surface area contributed by atoms with Crippen LogP contribution in [0.4, 0.5) is 0 Å². The molecule has 0 atom stereocenters. The third kappa shape index (κ3) is 10.5. The second-order valence-corrected chi connectivity index (χ2v) is 8.87. The molecule has 0 aliphatic carbocycles. The second kappa shape index (κ2) is 14.8. The number of carbonyl (C=O) groups is 3. The van der Waals surface area contributed by atoms with E-state index in [0.717, 1.165) is 16.7 Å².